The number of ketones is 1. The Bertz CT molecular complexity index is 851. The summed E-state index contributed by atoms with van der Waals surface area (Å²) in [6.07, 6.45) is -0.0473. The Morgan fingerprint density at radius 2 is 1.78 bits per heavy atom. The van der Waals surface area contributed by atoms with Gasteiger partial charge in [0.05, 0.1) is 24.8 Å². The van der Waals surface area contributed by atoms with Gasteiger partial charge in [-0.2, -0.15) is 0 Å². The van der Waals surface area contributed by atoms with E-state index in [2.05, 4.69) is 10.3 Å². The fourth-order valence-corrected chi connectivity index (χ4v) is 2.86. The zero-order valence-electron chi connectivity index (χ0n) is 16.3. The lowest BCUT2D eigenvalue weighted by atomic mass is 10.1. The number of benzene rings is 1. The molecule has 0 aliphatic rings. The molecule has 7 heteroatoms. The predicted molar refractivity (Wildman–Crippen MR) is 103 cm³/mol. The number of ether oxygens (including phenoxy) is 1. The van der Waals surface area contributed by atoms with E-state index in [1.165, 1.54) is 14.0 Å². The van der Waals surface area contributed by atoms with Crippen molar-refractivity contribution in [3.63, 3.8) is 0 Å². The molecule has 0 spiro atoms. The average Bonchev–Trinajstić information content (AvgIpc) is 2.96. The molecule has 1 aromatic carbocycles. The van der Waals surface area contributed by atoms with E-state index in [9.17, 15) is 14.4 Å². The SMILES string of the molecule is COC(=O)c1c(CC(=O)NCc2ccc(N(C)C)cc2)[nH]c(C(C)=O)c1C. The van der Waals surface area contributed by atoms with Crippen LogP contribution < -0.4 is 10.2 Å². The maximum Gasteiger partial charge on any atom is 0.339 e. The van der Waals surface area contributed by atoms with Gasteiger partial charge < -0.3 is 19.9 Å². The van der Waals surface area contributed by atoms with Crippen molar-refractivity contribution in [2.75, 3.05) is 26.1 Å². The molecule has 2 aromatic rings. The molecule has 0 fully saturated rings. The monoisotopic (exact) mass is 371 g/mol. The summed E-state index contributed by atoms with van der Waals surface area (Å²) in [6.45, 7) is 3.44. The first-order valence-electron chi connectivity index (χ1n) is 8.58. The highest BCUT2D eigenvalue weighted by atomic mass is 16.5. The molecule has 144 valence electrons. The lowest BCUT2D eigenvalue weighted by Crippen LogP contribution is -2.25. The van der Waals surface area contributed by atoms with Gasteiger partial charge in [0.15, 0.2) is 5.78 Å². The quantitative estimate of drug-likeness (QED) is 0.575. The van der Waals surface area contributed by atoms with E-state index in [1.54, 1.807) is 6.92 Å². The number of aromatic nitrogens is 1. The van der Waals surface area contributed by atoms with Crippen LogP contribution in [0.4, 0.5) is 5.69 Å². The Labute approximate surface area is 158 Å². The van der Waals surface area contributed by atoms with E-state index in [0.29, 0.717) is 23.5 Å². The first kappa shape index (κ1) is 20.2. The van der Waals surface area contributed by atoms with Crippen LogP contribution in [0.25, 0.3) is 0 Å². The van der Waals surface area contributed by atoms with Crippen LogP contribution in [0.3, 0.4) is 0 Å². The predicted octanol–water partition coefficient (Wildman–Crippen LogP) is 2.24. The summed E-state index contributed by atoms with van der Waals surface area (Å²) in [5.41, 5.74) is 3.48. The van der Waals surface area contributed by atoms with Crippen molar-refractivity contribution in [3.05, 3.63) is 52.3 Å². The Kier molecular flexibility index (Phi) is 6.39. The molecule has 1 heterocycles. The van der Waals surface area contributed by atoms with Gasteiger partial charge in [-0.05, 0) is 30.2 Å². The van der Waals surface area contributed by atoms with Crippen LogP contribution in [0.15, 0.2) is 24.3 Å². The van der Waals surface area contributed by atoms with Crippen LogP contribution in [0.1, 0.15) is 44.6 Å². The number of amides is 1. The molecule has 27 heavy (non-hydrogen) atoms. The minimum absolute atomic E-state index is 0.0473. The normalized spacial score (nSPS) is 10.4. The second-order valence-corrected chi connectivity index (χ2v) is 6.54. The van der Waals surface area contributed by atoms with E-state index in [-0.39, 0.29) is 23.7 Å². The van der Waals surface area contributed by atoms with Gasteiger partial charge in [0, 0.05) is 38.9 Å². The molecule has 0 bridgehead atoms. The number of nitrogens with zero attached hydrogens (tertiary/aromatic N) is 1. The minimum atomic E-state index is -0.571. The van der Waals surface area contributed by atoms with Gasteiger partial charge in [-0.3, -0.25) is 9.59 Å². The second-order valence-electron chi connectivity index (χ2n) is 6.54. The summed E-state index contributed by atoms with van der Waals surface area (Å²) in [7, 11) is 5.19. The molecule has 0 unspecified atom stereocenters. The third-order valence-corrected chi connectivity index (χ3v) is 4.35. The van der Waals surface area contributed by atoms with Gasteiger partial charge in [0.2, 0.25) is 5.91 Å². The number of hydrogen-bond acceptors (Lipinski definition) is 5. The van der Waals surface area contributed by atoms with E-state index < -0.39 is 5.97 Å². The lowest BCUT2D eigenvalue weighted by molar-refractivity contribution is -0.120. The summed E-state index contributed by atoms with van der Waals surface area (Å²) in [6, 6.07) is 7.85. The van der Waals surface area contributed by atoms with Crippen LogP contribution in [-0.4, -0.2) is 43.8 Å². The van der Waals surface area contributed by atoms with Crippen molar-refractivity contribution in [1.82, 2.24) is 10.3 Å². The molecule has 1 aromatic heterocycles. The maximum absolute atomic E-state index is 12.3. The summed E-state index contributed by atoms with van der Waals surface area (Å²) in [5.74, 6) is -1.03. The number of H-pyrrole nitrogens is 1. The highest BCUT2D eigenvalue weighted by molar-refractivity contribution is 6.01. The Morgan fingerprint density at radius 3 is 2.30 bits per heavy atom. The number of aromatic amines is 1. The van der Waals surface area contributed by atoms with Crippen molar-refractivity contribution in [1.29, 1.82) is 0 Å². The molecule has 0 saturated heterocycles. The standard InChI is InChI=1S/C20H25N3O4/c1-12-18(20(26)27-5)16(22-19(12)13(2)24)10-17(25)21-11-14-6-8-15(9-7-14)23(3)4/h6-9,22H,10-11H2,1-5H3,(H,21,25). The zero-order chi connectivity index (χ0) is 20.1. The average molecular weight is 371 g/mol. The first-order chi connectivity index (χ1) is 12.7. The molecule has 0 aliphatic heterocycles. The summed E-state index contributed by atoms with van der Waals surface area (Å²) >= 11 is 0. The van der Waals surface area contributed by atoms with Gasteiger partial charge in [0.25, 0.3) is 0 Å². The van der Waals surface area contributed by atoms with Gasteiger partial charge >= 0.3 is 5.97 Å². The molecular formula is C20H25N3O4. The molecule has 7 nitrogen and oxygen atoms in total. The summed E-state index contributed by atoms with van der Waals surface area (Å²) < 4.78 is 4.79. The van der Waals surface area contributed by atoms with Crippen molar-refractivity contribution in [2.24, 2.45) is 0 Å². The first-order valence-corrected chi connectivity index (χ1v) is 8.58. The zero-order valence-corrected chi connectivity index (χ0v) is 16.3. The highest BCUT2D eigenvalue weighted by Gasteiger charge is 2.24. The molecule has 0 radical (unpaired) electrons. The maximum atomic E-state index is 12.3. The highest BCUT2D eigenvalue weighted by Crippen LogP contribution is 2.21. The molecular weight excluding hydrogens is 346 g/mol. The number of carbonyl (C=O) groups is 3. The summed E-state index contributed by atoms with van der Waals surface area (Å²) in [5, 5.41) is 2.83. The van der Waals surface area contributed by atoms with Gasteiger partial charge in [-0.15, -0.1) is 0 Å². The van der Waals surface area contributed by atoms with Crippen LogP contribution in [-0.2, 0) is 22.5 Å². The number of anilines is 1. The van der Waals surface area contributed by atoms with E-state index >= 15 is 0 Å². The Balaban J connectivity index is 2.09. The van der Waals surface area contributed by atoms with Crippen molar-refractivity contribution in [3.8, 4) is 0 Å². The molecule has 0 atom stereocenters. The van der Waals surface area contributed by atoms with Crippen molar-refractivity contribution in [2.45, 2.75) is 26.8 Å². The minimum Gasteiger partial charge on any atom is -0.465 e. The van der Waals surface area contributed by atoms with Crippen LogP contribution in [0, 0.1) is 6.92 Å². The third-order valence-electron chi connectivity index (χ3n) is 4.35. The second kappa shape index (κ2) is 8.53. The van der Waals surface area contributed by atoms with Crippen LogP contribution in [0.5, 0.6) is 0 Å². The topological polar surface area (TPSA) is 91.5 Å². The third kappa shape index (κ3) is 4.75. The smallest absolute Gasteiger partial charge is 0.339 e. The van der Waals surface area contributed by atoms with E-state index in [4.69, 9.17) is 4.74 Å². The number of hydrogen-bond donors (Lipinski definition) is 2. The molecule has 1 amide bonds. The van der Waals surface area contributed by atoms with Gasteiger partial charge in [-0.25, -0.2) is 4.79 Å². The van der Waals surface area contributed by atoms with E-state index in [1.807, 2.05) is 43.3 Å². The number of esters is 1. The van der Waals surface area contributed by atoms with Gasteiger partial charge in [0.1, 0.15) is 0 Å². The largest absolute Gasteiger partial charge is 0.465 e. The Morgan fingerprint density at radius 1 is 1.15 bits per heavy atom. The fraction of sp³-hybridized carbons (Fsp3) is 0.350. The number of rotatable bonds is 7. The Hall–Kier alpha value is -3.09. The summed E-state index contributed by atoms with van der Waals surface area (Å²) in [4.78, 5) is 41.0. The number of nitrogens with one attached hydrogen (secondary N) is 2. The van der Waals surface area contributed by atoms with Crippen molar-refractivity contribution < 1.29 is 19.1 Å². The molecule has 2 N–H and O–H groups in total. The fourth-order valence-electron chi connectivity index (χ4n) is 2.86. The molecule has 0 saturated carbocycles. The number of methoxy groups -OCH3 is 1. The molecule has 0 aliphatic carbocycles. The lowest BCUT2D eigenvalue weighted by Gasteiger charge is -2.13. The van der Waals surface area contributed by atoms with E-state index in [0.717, 1.165) is 11.3 Å². The number of Topliss-reactive ketones (excluding diaryl/α,β-unsaturated/α-hetero) is 1. The van der Waals surface area contributed by atoms with Crippen LogP contribution in [0.2, 0.25) is 0 Å². The molecule has 2 rings (SSSR count). The van der Waals surface area contributed by atoms with Crippen LogP contribution >= 0.6 is 0 Å². The number of carbonyl (C=O) groups excluding carboxylic acids is 3. The van der Waals surface area contributed by atoms with Gasteiger partial charge in [-0.1, -0.05) is 12.1 Å². The van der Waals surface area contributed by atoms with Crippen molar-refractivity contribution >= 4 is 23.3 Å².